The van der Waals surface area contributed by atoms with Crippen LogP contribution in [0.4, 0.5) is 0 Å². The monoisotopic (exact) mass is 479 g/mol. The first-order chi connectivity index (χ1) is 11.7. The standard InChI is InChI=1S/C18H29N3O2S.HI/c1-18(9-6-12-24-18)14-21-17(19-2)20-10-11-23-13-15-7-4-5-8-16(15)22-3;/h4-5,7-8H,6,9-14H2,1-3H3,(H2,19,20,21);1H. The number of nitrogens with one attached hydrogen (secondary N) is 2. The van der Waals surface area contributed by atoms with Crippen LogP contribution in [0.1, 0.15) is 25.3 Å². The summed E-state index contributed by atoms with van der Waals surface area (Å²) in [5, 5.41) is 6.72. The van der Waals surface area contributed by atoms with Gasteiger partial charge in [-0.1, -0.05) is 18.2 Å². The Morgan fingerprint density at radius 1 is 1.32 bits per heavy atom. The Morgan fingerprint density at radius 3 is 2.80 bits per heavy atom. The molecule has 2 N–H and O–H groups in total. The first-order valence-corrected chi connectivity index (χ1v) is 9.43. The number of benzene rings is 1. The van der Waals surface area contributed by atoms with Crippen molar-refractivity contribution in [3.05, 3.63) is 29.8 Å². The molecule has 0 amide bonds. The maximum atomic E-state index is 5.73. The number of thioether (sulfide) groups is 1. The molecule has 0 saturated carbocycles. The second-order valence-corrected chi connectivity index (χ2v) is 7.80. The first-order valence-electron chi connectivity index (χ1n) is 8.45. The average Bonchev–Trinajstić information content (AvgIpc) is 3.04. The number of ether oxygens (including phenoxy) is 2. The van der Waals surface area contributed by atoms with E-state index in [1.807, 2.05) is 36.0 Å². The number of methoxy groups -OCH3 is 1. The van der Waals surface area contributed by atoms with Gasteiger partial charge in [0.25, 0.3) is 0 Å². The summed E-state index contributed by atoms with van der Waals surface area (Å²) >= 11 is 2.05. The van der Waals surface area contributed by atoms with E-state index in [1.54, 1.807) is 14.2 Å². The van der Waals surface area contributed by atoms with Crippen LogP contribution in [0.2, 0.25) is 0 Å². The second kappa shape index (κ2) is 11.9. The number of para-hydroxylation sites is 1. The zero-order chi connectivity index (χ0) is 17.3. The fourth-order valence-corrected chi connectivity index (χ4v) is 3.96. The summed E-state index contributed by atoms with van der Waals surface area (Å²) in [6.45, 7) is 5.15. The van der Waals surface area contributed by atoms with E-state index < -0.39 is 0 Å². The van der Waals surface area contributed by atoms with Gasteiger partial charge in [0.15, 0.2) is 5.96 Å². The van der Waals surface area contributed by atoms with Crippen LogP contribution in [0.3, 0.4) is 0 Å². The normalized spacial score (nSPS) is 20.0. The third-order valence-corrected chi connectivity index (χ3v) is 5.68. The van der Waals surface area contributed by atoms with Crippen LogP contribution in [0.15, 0.2) is 29.3 Å². The predicted molar refractivity (Wildman–Crippen MR) is 118 cm³/mol. The average molecular weight is 479 g/mol. The molecule has 1 aromatic carbocycles. The Bertz CT molecular complexity index is 537. The Morgan fingerprint density at radius 2 is 2.12 bits per heavy atom. The molecule has 0 spiro atoms. The maximum Gasteiger partial charge on any atom is 0.191 e. The molecule has 0 aliphatic carbocycles. The Hall–Kier alpha value is -0.670. The van der Waals surface area contributed by atoms with Crippen LogP contribution in [-0.2, 0) is 11.3 Å². The smallest absolute Gasteiger partial charge is 0.191 e. The molecule has 0 radical (unpaired) electrons. The Balaban J connectivity index is 0.00000312. The molecule has 1 aliphatic heterocycles. The van der Waals surface area contributed by atoms with Gasteiger partial charge < -0.3 is 20.1 Å². The summed E-state index contributed by atoms with van der Waals surface area (Å²) in [6.07, 6.45) is 2.58. The first kappa shape index (κ1) is 22.4. The van der Waals surface area contributed by atoms with E-state index in [-0.39, 0.29) is 24.0 Å². The van der Waals surface area contributed by atoms with Gasteiger partial charge in [-0.2, -0.15) is 11.8 Å². The number of hydrogen-bond acceptors (Lipinski definition) is 4. The van der Waals surface area contributed by atoms with Gasteiger partial charge in [-0.3, -0.25) is 4.99 Å². The van der Waals surface area contributed by atoms with Gasteiger partial charge in [-0.05, 0) is 31.6 Å². The van der Waals surface area contributed by atoms with Crippen LogP contribution < -0.4 is 15.4 Å². The van der Waals surface area contributed by atoms with Gasteiger partial charge in [0.2, 0.25) is 0 Å². The fraction of sp³-hybridized carbons (Fsp3) is 0.611. The summed E-state index contributed by atoms with van der Waals surface area (Å²) in [5.74, 6) is 2.97. The molecule has 1 unspecified atom stereocenters. The van der Waals surface area contributed by atoms with Crippen LogP contribution in [0.5, 0.6) is 5.75 Å². The summed E-state index contributed by atoms with van der Waals surface area (Å²) in [5.41, 5.74) is 1.06. The summed E-state index contributed by atoms with van der Waals surface area (Å²) < 4.78 is 11.4. The lowest BCUT2D eigenvalue weighted by atomic mass is 10.1. The molecule has 0 bridgehead atoms. The van der Waals surface area contributed by atoms with Crippen LogP contribution >= 0.6 is 35.7 Å². The quantitative estimate of drug-likeness (QED) is 0.260. The number of nitrogens with zero attached hydrogens (tertiary/aromatic N) is 1. The van der Waals surface area contributed by atoms with Crippen molar-refractivity contribution in [3.8, 4) is 5.75 Å². The van der Waals surface area contributed by atoms with Gasteiger partial charge in [0.05, 0.1) is 20.3 Å². The SMILES string of the molecule is CN=C(NCCOCc1ccccc1OC)NCC1(C)CCCS1.I. The van der Waals surface area contributed by atoms with Crippen molar-refractivity contribution in [1.82, 2.24) is 10.6 Å². The van der Waals surface area contributed by atoms with Crippen molar-refractivity contribution in [2.45, 2.75) is 31.1 Å². The number of aliphatic imine (C=N–C) groups is 1. The summed E-state index contributed by atoms with van der Waals surface area (Å²) in [7, 11) is 3.48. The number of hydrogen-bond donors (Lipinski definition) is 2. The highest BCUT2D eigenvalue weighted by atomic mass is 127. The molecular weight excluding hydrogens is 449 g/mol. The number of halogens is 1. The van der Waals surface area contributed by atoms with Gasteiger partial charge in [0.1, 0.15) is 5.75 Å². The topological polar surface area (TPSA) is 54.9 Å². The van der Waals surface area contributed by atoms with Crippen LogP contribution in [-0.4, -0.2) is 50.3 Å². The molecule has 7 heteroatoms. The third kappa shape index (κ3) is 7.62. The van der Waals surface area contributed by atoms with Gasteiger partial charge >= 0.3 is 0 Å². The van der Waals surface area contributed by atoms with Crippen molar-refractivity contribution in [1.29, 1.82) is 0 Å². The molecule has 1 aliphatic rings. The molecule has 5 nitrogen and oxygen atoms in total. The summed E-state index contributed by atoms with van der Waals surface area (Å²) in [6, 6.07) is 7.92. The molecule has 1 fully saturated rings. The van der Waals surface area contributed by atoms with Crippen molar-refractivity contribution in [2.75, 3.05) is 39.6 Å². The van der Waals surface area contributed by atoms with Crippen molar-refractivity contribution in [2.24, 2.45) is 4.99 Å². The maximum absolute atomic E-state index is 5.73. The highest BCUT2D eigenvalue weighted by molar-refractivity contribution is 14.0. The van der Waals surface area contributed by atoms with Gasteiger partial charge in [-0.15, -0.1) is 24.0 Å². The van der Waals surface area contributed by atoms with Crippen LogP contribution in [0.25, 0.3) is 0 Å². The van der Waals surface area contributed by atoms with E-state index in [9.17, 15) is 0 Å². The van der Waals surface area contributed by atoms with E-state index >= 15 is 0 Å². The molecule has 142 valence electrons. The van der Waals surface area contributed by atoms with Gasteiger partial charge in [-0.25, -0.2) is 0 Å². The van der Waals surface area contributed by atoms with Crippen LogP contribution in [0, 0.1) is 0 Å². The zero-order valence-corrected chi connectivity index (χ0v) is 18.5. The lowest BCUT2D eigenvalue weighted by Gasteiger charge is -2.24. The number of guanidine groups is 1. The fourth-order valence-electron chi connectivity index (χ4n) is 2.71. The number of rotatable bonds is 8. The summed E-state index contributed by atoms with van der Waals surface area (Å²) in [4.78, 5) is 4.27. The molecule has 1 saturated heterocycles. The van der Waals surface area contributed by atoms with E-state index in [0.717, 1.165) is 30.4 Å². The second-order valence-electron chi connectivity index (χ2n) is 6.12. The molecule has 25 heavy (non-hydrogen) atoms. The zero-order valence-electron chi connectivity index (χ0n) is 15.3. The minimum absolute atomic E-state index is 0. The molecule has 1 atom stereocenters. The molecule has 1 heterocycles. The minimum Gasteiger partial charge on any atom is -0.496 e. The molecule has 1 aromatic rings. The third-order valence-electron chi connectivity index (χ3n) is 4.14. The lowest BCUT2D eigenvalue weighted by molar-refractivity contribution is 0.123. The van der Waals surface area contributed by atoms with E-state index in [1.165, 1.54) is 18.6 Å². The van der Waals surface area contributed by atoms with E-state index in [0.29, 0.717) is 18.0 Å². The molecular formula is C18H30IN3O2S. The van der Waals surface area contributed by atoms with Crippen molar-refractivity contribution < 1.29 is 9.47 Å². The Kier molecular flexibility index (Phi) is 10.6. The highest BCUT2D eigenvalue weighted by Gasteiger charge is 2.29. The lowest BCUT2D eigenvalue weighted by Crippen LogP contribution is -2.44. The predicted octanol–water partition coefficient (Wildman–Crippen LogP) is 3.28. The van der Waals surface area contributed by atoms with Crippen molar-refractivity contribution >= 4 is 41.7 Å². The molecule has 0 aromatic heterocycles. The minimum atomic E-state index is 0. The van der Waals surface area contributed by atoms with Crippen molar-refractivity contribution in [3.63, 3.8) is 0 Å². The molecule has 2 rings (SSSR count). The Labute approximate surface area is 172 Å². The highest BCUT2D eigenvalue weighted by Crippen LogP contribution is 2.36. The van der Waals surface area contributed by atoms with E-state index in [4.69, 9.17) is 9.47 Å². The van der Waals surface area contributed by atoms with Gasteiger partial charge in [0, 0.05) is 30.4 Å². The largest absolute Gasteiger partial charge is 0.496 e. The van der Waals surface area contributed by atoms with E-state index in [2.05, 4.69) is 22.5 Å².